The lowest BCUT2D eigenvalue weighted by atomic mass is 10.1. The predicted molar refractivity (Wildman–Crippen MR) is 139 cm³/mol. The number of aliphatic hydroxyl groups excluding tert-OH is 1. The molecule has 0 aliphatic heterocycles. The Morgan fingerprint density at radius 3 is 1.61 bits per heavy atom. The Morgan fingerprint density at radius 1 is 0.677 bits per heavy atom. The molecule has 0 saturated carbocycles. The third-order valence-electron chi connectivity index (χ3n) is 5.94. The average molecular weight is 432 g/mol. The van der Waals surface area contributed by atoms with E-state index in [-0.39, 0.29) is 6.10 Å². The lowest BCUT2D eigenvalue weighted by molar-refractivity contribution is 0.164. The molecule has 0 aliphatic carbocycles. The Hall–Kier alpha value is -2.21. The number of unbranched alkanes of at least 4 members (excludes halogenated alkanes) is 3. The smallest absolute Gasteiger partial charge is 0.115 e. The van der Waals surface area contributed by atoms with Gasteiger partial charge in [-0.2, -0.15) is 0 Å². The second-order valence-corrected chi connectivity index (χ2v) is 11.7. The molecule has 0 unspecified atom stereocenters. The van der Waals surface area contributed by atoms with Gasteiger partial charge in [0.25, 0.3) is 0 Å². The minimum absolute atomic E-state index is 0.231. The highest BCUT2D eigenvalue weighted by Gasteiger charge is 2.43. The quantitative estimate of drug-likeness (QED) is 0.204. The maximum Gasteiger partial charge on any atom is 0.115 e. The third-order valence-corrected chi connectivity index (χ3v) is 10.2. The van der Waals surface area contributed by atoms with Crippen LogP contribution in [0.5, 0.6) is 0 Å². The van der Waals surface area contributed by atoms with Crippen LogP contribution in [0, 0.1) is 0 Å². The highest BCUT2D eigenvalue weighted by atomic mass is 31.2. The minimum atomic E-state index is -1.81. The van der Waals surface area contributed by atoms with Gasteiger partial charge in [-0.15, -0.1) is 0 Å². The molecule has 0 amide bonds. The van der Waals surface area contributed by atoms with Crippen LogP contribution in [0.4, 0.5) is 0 Å². The first-order chi connectivity index (χ1) is 15.3. The SMILES string of the molecule is CCCCCC[C@@H](O)CC=CC[P+](c1ccccc1)(c1ccccc1)c1ccccc1. The maximum absolute atomic E-state index is 10.4. The van der Waals surface area contributed by atoms with Gasteiger partial charge < -0.3 is 5.11 Å². The molecule has 1 atom stereocenters. The number of rotatable bonds is 12. The van der Waals surface area contributed by atoms with Crippen LogP contribution in [0.2, 0.25) is 0 Å². The molecule has 0 heterocycles. The molecule has 0 fully saturated rings. The molecule has 0 aliphatic rings. The zero-order valence-corrected chi connectivity index (χ0v) is 19.6. The number of hydrogen-bond donors (Lipinski definition) is 1. The summed E-state index contributed by atoms with van der Waals surface area (Å²) in [6.07, 6.45) is 11.7. The Balaban J connectivity index is 1.86. The summed E-state index contributed by atoms with van der Waals surface area (Å²) in [5.41, 5.74) is 0. The molecule has 1 nitrogen and oxygen atoms in total. The van der Waals surface area contributed by atoms with E-state index in [2.05, 4.69) is 110 Å². The first-order valence-electron chi connectivity index (χ1n) is 11.7. The van der Waals surface area contributed by atoms with Crippen molar-refractivity contribution in [3.8, 4) is 0 Å². The molecule has 3 aromatic carbocycles. The standard InChI is InChI=1S/C29H36OP/c1-2-3-4-8-17-26(30)18-15-16-25-31(27-19-9-5-10-20-27,28-21-11-6-12-22-28)29-23-13-7-14-24-29/h5-7,9-16,19-24,26,30H,2-4,8,17-18,25H2,1H3/q+1/t26-/m1/s1. The first kappa shape index (κ1) is 23.5. The van der Waals surface area contributed by atoms with E-state index in [0.29, 0.717) is 0 Å². The summed E-state index contributed by atoms with van der Waals surface area (Å²) in [6.45, 7) is 2.22. The van der Waals surface area contributed by atoms with Gasteiger partial charge in [0.2, 0.25) is 0 Å². The van der Waals surface area contributed by atoms with Crippen LogP contribution < -0.4 is 15.9 Å². The third kappa shape index (κ3) is 6.39. The van der Waals surface area contributed by atoms with E-state index in [4.69, 9.17) is 0 Å². The maximum atomic E-state index is 10.4. The van der Waals surface area contributed by atoms with Crippen LogP contribution in [-0.4, -0.2) is 17.4 Å². The number of benzene rings is 3. The highest BCUT2D eigenvalue weighted by molar-refractivity contribution is 7.95. The van der Waals surface area contributed by atoms with Crippen molar-refractivity contribution >= 4 is 23.2 Å². The second kappa shape index (κ2) is 12.6. The van der Waals surface area contributed by atoms with Crippen LogP contribution in [0.25, 0.3) is 0 Å². The van der Waals surface area contributed by atoms with Gasteiger partial charge in [-0.1, -0.05) is 99.4 Å². The normalized spacial score (nSPS) is 12.8. The Labute approximate surface area is 189 Å². The van der Waals surface area contributed by atoms with Crippen molar-refractivity contribution in [2.45, 2.75) is 51.6 Å². The van der Waals surface area contributed by atoms with Gasteiger partial charge in [0, 0.05) is 0 Å². The van der Waals surface area contributed by atoms with Crippen molar-refractivity contribution in [3.63, 3.8) is 0 Å². The summed E-state index contributed by atoms with van der Waals surface area (Å²) in [6, 6.07) is 32.9. The molecule has 2 heteroatoms. The summed E-state index contributed by atoms with van der Waals surface area (Å²) < 4.78 is 0. The zero-order chi connectivity index (χ0) is 21.8. The molecule has 3 aromatic rings. The summed E-state index contributed by atoms with van der Waals surface area (Å²) in [4.78, 5) is 0. The van der Waals surface area contributed by atoms with Gasteiger partial charge in [0.1, 0.15) is 23.2 Å². The summed E-state index contributed by atoms with van der Waals surface area (Å²) in [5, 5.41) is 14.6. The van der Waals surface area contributed by atoms with Gasteiger partial charge >= 0.3 is 0 Å². The number of hydrogen-bond acceptors (Lipinski definition) is 1. The molecule has 0 aromatic heterocycles. The van der Waals surface area contributed by atoms with Crippen molar-refractivity contribution < 1.29 is 5.11 Å². The topological polar surface area (TPSA) is 20.2 Å². The molecule has 1 N–H and O–H groups in total. The van der Waals surface area contributed by atoms with Crippen LogP contribution in [0.15, 0.2) is 103 Å². The Kier molecular flexibility index (Phi) is 9.53. The molecule has 31 heavy (non-hydrogen) atoms. The molecule has 0 bridgehead atoms. The molecular weight excluding hydrogens is 395 g/mol. The van der Waals surface area contributed by atoms with Gasteiger partial charge in [-0.3, -0.25) is 0 Å². The van der Waals surface area contributed by atoms with Gasteiger partial charge in [-0.05, 0) is 49.2 Å². The average Bonchev–Trinajstić information content (AvgIpc) is 2.84. The second-order valence-electron chi connectivity index (χ2n) is 8.21. The fourth-order valence-electron chi connectivity index (χ4n) is 4.22. The van der Waals surface area contributed by atoms with Gasteiger partial charge in [0.15, 0.2) is 0 Å². The van der Waals surface area contributed by atoms with Crippen molar-refractivity contribution in [2.24, 2.45) is 0 Å². The van der Waals surface area contributed by atoms with E-state index in [1.807, 2.05) is 0 Å². The summed E-state index contributed by atoms with van der Waals surface area (Å²) in [5.74, 6) is 0. The van der Waals surface area contributed by atoms with Crippen molar-refractivity contribution in [1.29, 1.82) is 0 Å². The van der Waals surface area contributed by atoms with Crippen LogP contribution in [-0.2, 0) is 0 Å². The lowest BCUT2D eigenvalue weighted by Crippen LogP contribution is -2.32. The molecule has 3 rings (SSSR count). The zero-order valence-electron chi connectivity index (χ0n) is 18.7. The van der Waals surface area contributed by atoms with E-state index >= 15 is 0 Å². The van der Waals surface area contributed by atoms with Gasteiger partial charge in [0.05, 0.1) is 12.3 Å². The van der Waals surface area contributed by atoms with E-state index < -0.39 is 7.26 Å². The Bertz CT molecular complexity index is 793. The number of allylic oxidation sites excluding steroid dienone is 1. The van der Waals surface area contributed by atoms with E-state index in [9.17, 15) is 5.11 Å². The molecule has 162 valence electrons. The minimum Gasteiger partial charge on any atom is -0.393 e. The highest BCUT2D eigenvalue weighted by Crippen LogP contribution is 2.55. The van der Waals surface area contributed by atoms with E-state index in [1.165, 1.54) is 35.2 Å². The van der Waals surface area contributed by atoms with E-state index in [1.54, 1.807) is 0 Å². The summed E-state index contributed by atoms with van der Waals surface area (Å²) in [7, 11) is -1.81. The monoisotopic (exact) mass is 431 g/mol. The molecule has 0 spiro atoms. The van der Waals surface area contributed by atoms with Crippen molar-refractivity contribution in [1.82, 2.24) is 0 Å². The van der Waals surface area contributed by atoms with Crippen LogP contribution in [0.3, 0.4) is 0 Å². The largest absolute Gasteiger partial charge is 0.393 e. The summed E-state index contributed by atoms with van der Waals surface area (Å²) >= 11 is 0. The lowest BCUT2D eigenvalue weighted by Gasteiger charge is -2.26. The van der Waals surface area contributed by atoms with E-state index in [0.717, 1.165) is 25.4 Å². The fourth-order valence-corrected chi connectivity index (χ4v) is 8.26. The van der Waals surface area contributed by atoms with Crippen LogP contribution in [0.1, 0.15) is 45.4 Å². The van der Waals surface area contributed by atoms with Crippen LogP contribution >= 0.6 is 7.26 Å². The predicted octanol–water partition coefficient (Wildman–Crippen LogP) is 6.26. The van der Waals surface area contributed by atoms with Gasteiger partial charge in [-0.25, -0.2) is 0 Å². The Morgan fingerprint density at radius 2 is 1.16 bits per heavy atom. The fraction of sp³-hybridized carbons (Fsp3) is 0.310. The molecule has 0 radical (unpaired) electrons. The molecule has 0 saturated heterocycles. The number of aliphatic hydroxyl groups is 1. The first-order valence-corrected chi connectivity index (χ1v) is 13.6. The van der Waals surface area contributed by atoms with Crippen molar-refractivity contribution in [2.75, 3.05) is 6.16 Å². The molecular formula is C29H36OP+. The van der Waals surface area contributed by atoms with Crippen molar-refractivity contribution in [3.05, 3.63) is 103 Å².